The van der Waals surface area contributed by atoms with Crippen LogP contribution < -0.4 is 5.48 Å². The first-order valence-corrected chi connectivity index (χ1v) is 6.85. The van der Waals surface area contributed by atoms with Crippen LogP contribution in [0.2, 0.25) is 0 Å². The molecule has 5 heteroatoms. The van der Waals surface area contributed by atoms with E-state index in [1.807, 2.05) is 36.4 Å². The van der Waals surface area contributed by atoms with Crippen LogP contribution in [0.3, 0.4) is 0 Å². The van der Waals surface area contributed by atoms with Crippen LogP contribution in [0.15, 0.2) is 60.7 Å². The van der Waals surface area contributed by atoms with Gasteiger partial charge in [0.1, 0.15) is 6.10 Å². The van der Waals surface area contributed by atoms with Gasteiger partial charge in [0, 0.05) is 12.0 Å². The van der Waals surface area contributed by atoms with Gasteiger partial charge >= 0.3 is 0 Å². The minimum Gasteiger partial charge on any atom is -0.384 e. The largest absolute Gasteiger partial charge is 0.384 e. The summed E-state index contributed by atoms with van der Waals surface area (Å²) < 4.78 is 0. The van der Waals surface area contributed by atoms with Crippen molar-refractivity contribution in [3.63, 3.8) is 0 Å². The highest BCUT2D eigenvalue weighted by Gasteiger charge is 2.15. The first-order valence-electron chi connectivity index (χ1n) is 6.45. The molecule has 0 aromatic heterocycles. The van der Waals surface area contributed by atoms with Crippen molar-refractivity contribution < 1.29 is 14.7 Å². The van der Waals surface area contributed by atoms with Crippen molar-refractivity contribution in [1.29, 1.82) is 0 Å². The number of aliphatic hydroxyl groups excluding tert-OH is 1. The highest BCUT2D eigenvalue weighted by Crippen LogP contribution is 2.05. The Morgan fingerprint density at radius 1 is 1.10 bits per heavy atom. The van der Waals surface area contributed by atoms with E-state index in [1.165, 1.54) is 0 Å². The molecule has 0 unspecified atom stereocenters. The number of hydrogen-bond acceptors (Lipinski definition) is 4. The fraction of sp³-hybridized carbons (Fsp3) is 0.125. The van der Waals surface area contributed by atoms with Gasteiger partial charge in [-0.15, -0.1) is 0 Å². The van der Waals surface area contributed by atoms with Crippen LogP contribution in [0.4, 0.5) is 0 Å². The van der Waals surface area contributed by atoms with Gasteiger partial charge in [-0.1, -0.05) is 48.5 Å². The average Bonchev–Trinajstić information content (AvgIpc) is 2.54. The van der Waals surface area contributed by atoms with E-state index in [0.717, 1.165) is 5.56 Å². The van der Waals surface area contributed by atoms with Crippen molar-refractivity contribution in [3.05, 3.63) is 71.8 Å². The Balaban J connectivity index is 1.83. The molecule has 2 rings (SSSR count). The average molecular weight is 301 g/mol. The number of carbonyl (C=O) groups is 1. The second kappa shape index (κ2) is 7.52. The van der Waals surface area contributed by atoms with Gasteiger partial charge in [0.15, 0.2) is 0 Å². The van der Waals surface area contributed by atoms with Crippen molar-refractivity contribution in [1.82, 2.24) is 5.48 Å². The molecule has 108 valence electrons. The molecule has 2 aromatic rings. The van der Waals surface area contributed by atoms with Crippen molar-refractivity contribution in [2.75, 3.05) is 0 Å². The van der Waals surface area contributed by atoms with Gasteiger partial charge in [0.05, 0.1) is 0 Å². The van der Waals surface area contributed by atoms with Crippen LogP contribution >= 0.6 is 12.2 Å². The normalized spacial score (nSPS) is 11.5. The third kappa shape index (κ3) is 4.66. The van der Waals surface area contributed by atoms with E-state index in [9.17, 15) is 9.90 Å². The quantitative estimate of drug-likeness (QED) is 0.672. The molecule has 0 fully saturated rings. The summed E-state index contributed by atoms with van der Waals surface area (Å²) >= 11 is 4.96. The number of amides is 1. The highest BCUT2D eigenvalue weighted by atomic mass is 32.1. The summed E-state index contributed by atoms with van der Waals surface area (Å²) in [7, 11) is 0. The Bertz CT molecular complexity index is 601. The molecule has 0 aliphatic rings. The lowest BCUT2D eigenvalue weighted by Crippen LogP contribution is -2.32. The number of hydrogen-bond donors (Lipinski definition) is 2. The number of hydroxylamine groups is 1. The molecule has 1 amide bonds. The van der Waals surface area contributed by atoms with Gasteiger partial charge in [-0.2, -0.15) is 5.48 Å². The van der Waals surface area contributed by atoms with E-state index < -0.39 is 12.0 Å². The molecule has 0 saturated carbocycles. The SMILES string of the molecule is O=C(NOC(=S)[C@H](O)Cc1ccccc1)c1ccccc1. The van der Waals surface area contributed by atoms with Crippen molar-refractivity contribution in [2.24, 2.45) is 0 Å². The molecule has 0 spiro atoms. The molecule has 21 heavy (non-hydrogen) atoms. The summed E-state index contributed by atoms with van der Waals surface area (Å²) in [6.07, 6.45) is -0.626. The fourth-order valence-corrected chi connectivity index (χ4v) is 1.86. The maximum Gasteiger partial charge on any atom is 0.283 e. The number of nitrogens with one attached hydrogen (secondary N) is 1. The van der Waals surface area contributed by atoms with E-state index in [2.05, 4.69) is 5.48 Å². The zero-order valence-electron chi connectivity index (χ0n) is 11.2. The van der Waals surface area contributed by atoms with Crippen molar-refractivity contribution in [2.45, 2.75) is 12.5 Å². The summed E-state index contributed by atoms with van der Waals surface area (Å²) in [5.41, 5.74) is 3.62. The lowest BCUT2D eigenvalue weighted by molar-refractivity contribution is 0.0699. The minimum atomic E-state index is -0.960. The highest BCUT2D eigenvalue weighted by molar-refractivity contribution is 7.80. The minimum absolute atomic E-state index is 0.0665. The second-order valence-corrected chi connectivity index (χ2v) is 4.83. The number of benzene rings is 2. The number of rotatable bonds is 4. The molecule has 0 heterocycles. The van der Waals surface area contributed by atoms with Crippen LogP contribution in [-0.4, -0.2) is 22.2 Å². The first-order chi connectivity index (χ1) is 10.2. The van der Waals surface area contributed by atoms with Gasteiger partial charge < -0.3 is 9.94 Å². The summed E-state index contributed by atoms with van der Waals surface area (Å²) in [6, 6.07) is 18.0. The van der Waals surface area contributed by atoms with Crippen LogP contribution in [0, 0.1) is 0 Å². The summed E-state index contributed by atoms with van der Waals surface area (Å²) in [4.78, 5) is 16.7. The molecule has 0 aliphatic carbocycles. The van der Waals surface area contributed by atoms with Crippen molar-refractivity contribution >= 4 is 23.2 Å². The van der Waals surface area contributed by atoms with E-state index >= 15 is 0 Å². The van der Waals surface area contributed by atoms with E-state index in [4.69, 9.17) is 17.1 Å². The molecule has 1 atom stereocenters. The van der Waals surface area contributed by atoms with Crippen LogP contribution in [0.25, 0.3) is 0 Å². The van der Waals surface area contributed by atoms with Gasteiger partial charge in [-0.3, -0.25) is 4.79 Å². The van der Waals surface area contributed by atoms with Crippen molar-refractivity contribution in [3.8, 4) is 0 Å². The predicted molar refractivity (Wildman–Crippen MR) is 83.7 cm³/mol. The summed E-state index contributed by atoms with van der Waals surface area (Å²) in [6.45, 7) is 0. The van der Waals surface area contributed by atoms with Gasteiger partial charge in [0.25, 0.3) is 5.91 Å². The predicted octanol–water partition coefficient (Wildman–Crippen LogP) is 2.28. The first kappa shape index (κ1) is 15.2. The Morgan fingerprint density at radius 2 is 1.67 bits per heavy atom. The molecule has 2 N–H and O–H groups in total. The molecule has 0 aliphatic heterocycles. The zero-order chi connectivity index (χ0) is 15.1. The van der Waals surface area contributed by atoms with Gasteiger partial charge in [-0.25, -0.2) is 0 Å². The van der Waals surface area contributed by atoms with E-state index in [1.54, 1.807) is 24.3 Å². The molecule has 4 nitrogen and oxygen atoms in total. The fourth-order valence-electron chi connectivity index (χ4n) is 1.73. The van der Waals surface area contributed by atoms with Gasteiger partial charge in [0.2, 0.25) is 5.05 Å². The second-order valence-electron chi connectivity index (χ2n) is 4.42. The summed E-state index contributed by atoms with van der Waals surface area (Å²) in [5, 5.41) is 9.87. The number of thiocarbonyl (C=S) groups is 1. The maximum absolute atomic E-state index is 11.8. The molecule has 2 aromatic carbocycles. The third-order valence-electron chi connectivity index (χ3n) is 2.82. The smallest absolute Gasteiger partial charge is 0.283 e. The Hall–Kier alpha value is -2.24. The maximum atomic E-state index is 11.8. The lowest BCUT2D eigenvalue weighted by atomic mass is 10.1. The Kier molecular flexibility index (Phi) is 5.43. The standard InChI is InChI=1S/C16H15NO3S/c18-14(11-12-7-3-1-4-8-12)16(21)20-17-15(19)13-9-5-2-6-10-13/h1-10,14,18H,11H2,(H,17,19)/t14-/m1/s1. The van der Waals surface area contributed by atoms with E-state index in [0.29, 0.717) is 12.0 Å². The Morgan fingerprint density at radius 3 is 2.29 bits per heavy atom. The molecular formula is C16H15NO3S. The molecular weight excluding hydrogens is 286 g/mol. The Labute approximate surface area is 128 Å². The molecule has 0 radical (unpaired) electrons. The van der Waals surface area contributed by atoms with Crippen LogP contribution in [-0.2, 0) is 11.3 Å². The monoisotopic (exact) mass is 301 g/mol. The van der Waals surface area contributed by atoms with Crippen LogP contribution in [0.5, 0.6) is 0 Å². The molecule has 0 bridgehead atoms. The number of aliphatic hydroxyl groups is 1. The third-order valence-corrected chi connectivity index (χ3v) is 3.18. The van der Waals surface area contributed by atoms with Gasteiger partial charge in [-0.05, 0) is 29.9 Å². The topological polar surface area (TPSA) is 58.6 Å². The lowest BCUT2D eigenvalue weighted by Gasteiger charge is -2.13. The zero-order valence-corrected chi connectivity index (χ0v) is 12.0. The van der Waals surface area contributed by atoms with E-state index in [-0.39, 0.29) is 5.05 Å². The number of carbonyl (C=O) groups excluding carboxylic acids is 1. The summed E-state index contributed by atoms with van der Waals surface area (Å²) in [5.74, 6) is -0.412. The van der Waals surface area contributed by atoms with Crippen LogP contribution in [0.1, 0.15) is 15.9 Å². The molecule has 0 saturated heterocycles.